The molecule has 0 bridgehead atoms. The van der Waals surface area contributed by atoms with Gasteiger partial charge in [0.1, 0.15) is 0 Å². The van der Waals surface area contributed by atoms with E-state index in [1.54, 1.807) is 12.1 Å². The molecule has 1 aromatic rings. The summed E-state index contributed by atoms with van der Waals surface area (Å²) in [5.41, 5.74) is 0.724. The number of benzene rings is 1. The summed E-state index contributed by atoms with van der Waals surface area (Å²) in [5.74, 6) is -0.865. The average Bonchev–Trinajstić information content (AvgIpc) is 2.66. The van der Waals surface area contributed by atoms with Gasteiger partial charge in [-0.1, -0.05) is 51.2 Å². The second-order valence-corrected chi connectivity index (χ2v) is 6.39. The molecule has 0 spiro atoms. The standard InChI is InChI=1S/C20H29NO6/c1-2-3-4-5-6-7-14-26-19(22)11-12-20(23)27-15-13-17-9-8-10-18(16-17)21(24)25/h8-10,16H,2-7,11-15H2,1H3. The Morgan fingerprint density at radius 1 is 0.963 bits per heavy atom. The first-order chi connectivity index (χ1) is 13.0. The molecule has 0 heterocycles. The fraction of sp³-hybridized carbons (Fsp3) is 0.600. The van der Waals surface area contributed by atoms with Gasteiger partial charge < -0.3 is 9.47 Å². The van der Waals surface area contributed by atoms with Gasteiger partial charge in [-0.3, -0.25) is 19.7 Å². The van der Waals surface area contributed by atoms with E-state index in [1.807, 2.05) is 0 Å². The lowest BCUT2D eigenvalue weighted by Gasteiger charge is -2.06. The zero-order valence-electron chi connectivity index (χ0n) is 16.0. The van der Waals surface area contributed by atoms with Crippen molar-refractivity contribution in [3.8, 4) is 0 Å². The highest BCUT2D eigenvalue weighted by Gasteiger charge is 2.10. The Morgan fingerprint density at radius 3 is 2.26 bits per heavy atom. The molecule has 0 aliphatic rings. The molecule has 150 valence electrons. The van der Waals surface area contributed by atoms with Gasteiger partial charge in [0, 0.05) is 18.6 Å². The van der Waals surface area contributed by atoms with Crippen molar-refractivity contribution in [3.63, 3.8) is 0 Å². The van der Waals surface area contributed by atoms with E-state index in [4.69, 9.17) is 9.47 Å². The molecule has 0 aliphatic carbocycles. The Balaban J connectivity index is 2.09. The van der Waals surface area contributed by atoms with Crippen LogP contribution in [0.5, 0.6) is 0 Å². The third-order valence-corrected chi connectivity index (χ3v) is 4.07. The number of nitrogens with zero attached hydrogens (tertiary/aromatic N) is 1. The first-order valence-corrected chi connectivity index (χ1v) is 9.57. The lowest BCUT2D eigenvalue weighted by molar-refractivity contribution is -0.384. The predicted octanol–water partition coefficient (Wildman–Crippen LogP) is 4.36. The molecule has 1 rings (SSSR count). The Morgan fingerprint density at radius 2 is 1.59 bits per heavy atom. The Kier molecular flexibility index (Phi) is 11.5. The van der Waals surface area contributed by atoms with Gasteiger partial charge in [-0.25, -0.2) is 0 Å². The number of carbonyl (C=O) groups is 2. The van der Waals surface area contributed by atoms with Gasteiger partial charge in [0.25, 0.3) is 5.69 Å². The van der Waals surface area contributed by atoms with Gasteiger partial charge in [-0.2, -0.15) is 0 Å². The fourth-order valence-corrected chi connectivity index (χ4v) is 2.53. The van der Waals surface area contributed by atoms with E-state index in [2.05, 4.69) is 6.92 Å². The number of carbonyl (C=O) groups excluding carboxylic acids is 2. The van der Waals surface area contributed by atoms with Crippen molar-refractivity contribution in [3.05, 3.63) is 39.9 Å². The molecule has 0 unspecified atom stereocenters. The molecule has 27 heavy (non-hydrogen) atoms. The first kappa shape index (κ1) is 22.6. The summed E-state index contributed by atoms with van der Waals surface area (Å²) in [6.07, 6.45) is 7.08. The number of hydrogen-bond acceptors (Lipinski definition) is 6. The molecule has 0 aliphatic heterocycles. The zero-order chi connectivity index (χ0) is 19.9. The van der Waals surface area contributed by atoms with Crippen LogP contribution in [0.3, 0.4) is 0 Å². The quantitative estimate of drug-likeness (QED) is 0.206. The van der Waals surface area contributed by atoms with Crippen LogP contribution in [0.1, 0.15) is 63.9 Å². The predicted molar refractivity (Wildman–Crippen MR) is 101 cm³/mol. The number of ether oxygens (including phenoxy) is 2. The molecule has 7 heteroatoms. The summed E-state index contributed by atoms with van der Waals surface area (Å²) in [7, 11) is 0. The van der Waals surface area contributed by atoms with Crippen molar-refractivity contribution in [2.24, 2.45) is 0 Å². The summed E-state index contributed by atoms with van der Waals surface area (Å²) in [5, 5.41) is 10.7. The summed E-state index contributed by atoms with van der Waals surface area (Å²) >= 11 is 0. The number of nitro groups is 1. The van der Waals surface area contributed by atoms with Gasteiger partial charge in [-0.05, 0) is 12.0 Å². The first-order valence-electron chi connectivity index (χ1n) is 9.57. The molecule has 0 amide bonds. The fourth-order valence-electron chi connectivity index (χ4n) is 2.53. The van der Waals surface area contributed by atoms with Crippen molar-refractivity contribution >= 4 is 17.6 Å². The highest BCUT2D eigenvalue weighted by Crippen LogP contribution is 2.13. The molecule has 0 radical (unpaired) electrons. The lowest BCUT2D eigenvalue weighted by Crippen LogP contribution is -2.12. The Bertz CT molecular complexity index is 602. The molecule has 0 fully saturated rings. The van der Waals surface area contributed by atoms with E-state index in [0.29, 0.717) is 13.0 Å². The van der Waals surface area contributed by atoms with E-state index in [9.17, 15) is 19.7 Å². The van der Waals surface area contributed by atoms with Crippen LogP contribution in [0.25, 0.3) is 0 Å². The van der Waals surface area contributed by atoms with Crippen molar-refractivity contribution < 1.29 is 24.0 Å². The van der Waals surface area contributed by atoms with Crippen LogP contribution in [-0.2, 0) is 25.5 Å². The summed E-state index contributed by atoms with van der Waals surface area (Å²) in [6.45, 7) is 2.68. The van der Waals surface area contributed by atoms with Crippen LogP contribution < -0.4 is 0 Å². The molecule has 0 saturated carbocycles. The van der Waals surface area contributed by atoms with Crippen LogP contribution in [0.2, 0.25) is 0 Å². The maximum Gasteiger partial charge on any atom is 0.306 e. The van der Waals surface area contributed by atoms with Crippen molar-refractivity contribution in [1.82, 2.24) is 0 Å². The molecule has 0 saturated heterocycles. The lowest BCUT2D eigenvalue weighted by atomic mass is 10.1. The van der Waals surface area contributed by atoms with Crippen molar-refractivity contribution in [2.75, 3.05) is 13.2 Å². The van der Waals surface area contributed by atoms with E-state index in [-0.39, 0.29) is 31.1 Å². The number of hydrogen-bond donors (Lipinski definition) is 0. The summed E-state index contributed by atoms with van der Waals surface area (Å²) < 4.78 is 10.2. The zero-order valence-corrected chi connectivity index (χ0v) is 16.0. The number of esters is 2. The Labute approximate surface area is 160 Å². The van der Waals surface area contributed by atoms with Crippen LogP contribution >= 0.6 is 0 Å². The van der Waals surface area contributed by atoms with Gasteiger partial charge in [0.2, 0.25) is 0 Å². The maximum atomic E-state index is 11.7. The van der Waals surface area contributed by atoms with Gasteiger partial charge in [0.15, 0.2) is 0 Å². The third-order valence-electron chi connectivity index (χ3n) is 4.07. The van der Waals surface area contributed by atoms with Crippen LogP contribution in [0.15, 0.2) is 24.3 Å². The smallest absolute Gasteiger partial charge is 0.306 e. The van der Waals surface area contributed by atoms with E-state index in [0.717, 1.165) is 24.8 Å². The average molecular weight is 379 g/mol. The topological polar surface area (TPSA) is 95.7 Å². The van der Waals surface area contributed by atoms with Crippen LogP contribution in [0, 0.1) is 10.1 Å². The molecule has 1 aromatic carbocycles. The molecule has 0 aromatic heterocycles. The van der Waals surface area contributed by atoms with Gasteiger partial charge in [0.05, 0.1) is 31.0 Å². The second kappa shape index (κ2) is 13.7. The van der Waals surface area contributed by atoms with Crippen molar-refractivity contribution in [2.45, 2.75) is 64.7 Å². The molecule has 0 atom stereocenters. The minimum Gasteiger partial charge on any atom is -0.466 e. The number of unbranched alkanes of at least 4 members (excludes halogenated alkanes) is 5. The highest BCUT2D eigenvalue weighted by molar-refractivity contribution is 5.77. The SMILES string of the molecule is CCCCCCCCOC(=O)CCC(=O)OCCc1cccc([N+](=O)[O-])c1. The van der Waals surface area contributed by atoms with Gasteiger partial charge >= 0.3 is 11.9 Å². The number of rotatable bonds is 14. The van der Waals surface area contributed by atoms with Crippen molar-refractivity contribution in [1.29, 1.82) is 0 Å². The van der Waals surface area contributed by atoms with Crippen LogP contribution in [-0.4, -0.2) is 30.1 Å². The molecule has 7 nitrogen and oxygen atoms in total. The highest BCUT2D eigenvalue weighted by atomic mass is 16.6. The molecular weight excluding hydrogens is 350 g/mol. The summed E-state index contributed by atoms with van der Waals surface area (Å²) in [4.78, 5) is 33.5. The largest absolute Gasteiger partial charge is 0.466 e. The van der Waals surface area contributed by atoms with Crippen LogP contribution in [0.4, 0.5) is 5.69 Å². The van der Waals surface area contributed by atoms with E-state index >= 15 is 0 Å². The molecule has 0 N–H and O–H groups in total. The minimum absolute atomic E-state index is 0.00543. The van der Waals surface area contributed by atoms with E-state index < -0.39 is 10.9 Å². The van der Waals surface area contributed by atoms with Gasteiger partial charge in [-0.15, -0.1) is 0 Å². The third kappa shape index (κ3) is 11.0. The monoisotopic (exact) mass is 379 g/mol. The second-order valence-electron chi connectivity index (χ2n) is 6.39. The summed E-state index contributed by atoms with van der Waals surface area (Å²) in [6, 6.07) is 6.19. The number of non-ortho nitro benzene ring substituents is 1. The molecular formula is C20H29NO6. The maximum absolute atomic E-state index is 11.7. The minimum atomic E-state index is -0.475. The number of nitro benzene ring substituents is 1. The normalized spacial score (nSPS) is 10.4. The Hall–Kier alpha value is -2.44. The van der Waals surface area contributed by atoms with E-state index in [1.165, 1.54) is 31.4 Å².